The highest BCUT2D eigenvalue weighted by atomic mass is 19.2. The van der Waals surface area contributed by atoms with Crippen molar-refractivity contribution in [1.82, 2.24) is 4.90 Å². The quantitative estimate of drug-likeness (QED) is 0.901. The van der Waals surface area contributed by atoms with E-state index >= 15 is 0 Å². The molecule has 5 nitrogen and oxygen atoms in total. The molecule has 0 aliphatic carbocycles. The van der Waals surface area contributed by atoms with Crippen LogP contribution in [0.4, 0.5) is 8.78 Å². The van der Waals surface area contributed by atoms with E-state index in [-0.39, 0.29) is 17.8 Å². The summed E-state index contributed by atoms with van der Waals surface area (Å²) < 4.78 is 32.1. The Labute approximate surface area is 119 Å². The van der Waals surface area contributed by atoms with Gasteiger partial charge < -0.3 is 14.7 Å². The Balaban J connectivity index is 1.94. The number of nitrogens with zero attached hydrogens (tertiary/aromatic N) is 1. The van der Waals surface area contributed by atoms with Gasteiger partial charge in [-0.1, -0.05) is 0 Å². The minimum atomic E-state index is -1.46. The predicted octanol–water partition coefficient (Wildman–Crippen LogP) is 1.67. The summed E-state index contributed by atoms with van der Waals surface area (Å²) in [6, 6.07) is 1.19. The number of hydrogen-bond acceptors (Lipinski definition) is 3. The van der Waals surface area contributed by atoms with Gasteiger partial charge in [0.1, 0.15) is 0 Å². The number of carboxylic acids is 1. The Morgan fingerprint density at radius 1 is 1.10 bits per heavy atom. The van der Waals surface area contributed by atoms with Crippen molar-refractivity contribution in [3.63, 3.8) is 0 Å². The van der Waals surface area contributed by atoms with Crippen molar-refractivity contribution in [1.29, 1.82) is 0 Å². The Hall–Kier alpha value is -2.02. The number of morpholine rings is 1. The van der Waals surface area contributed by atoms with Gasteiger partial charge in [-0.05, 0) is 25.0 Å². The summed E-state index contributed by atoms with van der Waals surface area (Å²) in [4.78, 5) is 25.0. The van der Waals surface area contributed by atoms with Gasteiger partial charge >= 0.3 is 5.97 Å². The zero-order valence-electron chi connectivity index (χ0n) is 11.0. The van der Waals surface area contributed by atoms with E-state index in [0.717, 1.165) is 12.8 Å². The SMILES string of the molecule is O=C(O)c1cc(F)c(F)cc1C(=O)N1CC2CCC(C1)O2. The third-order valence-electron chi connectivity index (χ3n) is 3.85. The van der Waals surface area contributed by atoms with Crippen molar-refractivity contribution in [3.05, 3.63) is 34.9 Å². The highest BCUT2D eigenvalue weighted by Crippen LogP contribution is 2.28. The number of amides is 1. The lowest BCUT2D eigenvalue weighted by Gasteiger charge is -2.32. The lowest BCUT2D eigenvalue weighted by Crippen LogP contribution is -2.46. The topological polar surface area (TPSA) is 66.8 Å². The number of aromatic carboxylic acids is 1. The van der Waals surface area contributed by atoms with Gasteiger partial charge in [0.2, 0.25) is 0 Å². The highest BCUT2D eigenvalue weighted by molar-refractivity contribution is 6.04. The van der Waals surface area contributed by atoms with Crippen LogP contribution in [0, 0.1) is 11.6 Å². The predicted molar refractivity (Wildman–Crippen MR) is 67.1 cm³/mol. The molecule has 2 saturated heterocycles. The van der Waals surface area contributed by atoms with Gasteiger partial charge in [-0.2, -0.15) is 0 Å². The maximum absolute atomic E-state index is 13.4. The third kappa shape index (κ3) is 2.49. The van der Waals surface area contributed by atoms with Crippen molar-refractivity contribution in [2.45, 2.75) is 25.0 Å². The molecule has 1 aromatic rings. The first-order valence-corrected chi connectivity index (χ1v) is 6.62. The molecule has 2 unspecified atom stereocenters. The van der Waals surface area contributed by atoms with E-state index in [1.807, 2.05) is 0 Å². The molecule has 0 spiro atoms. The van der Waals surface area contributed by atoms with Crippen molar-refractivity contribution >= 4 is 11.9 Å². The average Bonchev–Trinajstić information content (AvgIpc) is 2.79. The standard InChI is InChI=1S/C14H13F2NO4/c15-11-3-9(10(14(19)20)4-12(11)16)13(18)17-5-7-1-2-8(6-17)21-7/h3-4,7-8H,1-2,5-6H2,(H,19,20). The number of carbonyl (C=O) groups is 2. The number of halogens is 2. The zero-order chi connectivity index (χ0) is 15.1. The number of benzene rings is 1. The molecule has 2 aliphatic heterocycles. The van der Waals surface area contributed by atoms with Crippen LogP contribution in [0.5, 0.6) is 0 Å². The minimum Gasteiger partial charge on any atom is -0.478 e. The Kier molecular flexibility index (Phi) is 3.36. The Morgan fingerprint density at radius 2 is 1.62 bits per heavy atom. The molecule has 2 aliphatic rings. The van der Waals surface area contributed by atoms with Crippen LogP contribution in [0.25, 0.3) is 0 Å². The lowest BCUT2D eigenvalue weighted by molar-refractivity contribution is -0.0304. The average molecular weight is 297 g/mol. The Morgan fingerprint density at radius 3 is 2.14 bits per heavy atom. The van der Waals surface area contributed by atoms with Crippen molar-refractivity contribution in [2.24, 2.45) is 0 Å². The maximum atomic E-state index is 13.4. The number of ether oxygens (including phenoxy) is 1. The second-order valence-corrected chi connectivity index (χ2v) is 5.28. The van der Waals surface area contributed by atoms with Crippen molar-refractivity contribution in [3.8, 4) is 0 Å². The molecule has 2 bridgehead atoms. The summed E-state index contributed by atoms with van der Waals surface area (Å²) in [7, 11) is 0. The highest BCUT2D eigenvalue weighted by Gasteiger charge is 2.37. The van der Waals surface area contributed by atoms with Crippen molar-refractivity contribution < 1.29 is 28.2 Å². The van der Waals surface area contributed by atoms with E-state index in [9.17, 15) is 18.4 Å². The number of hydrogen-bond donors (Lipinski definition) is 1. The first kappa shape index (κ1) is 13.9. The fraction of sp³-hybridized carbons (Fsp3) is 0.429. The van der Waals surface area contributed by atoms with Gasteiger partial charge in [-0.3, -0.25) is 4.79 Å². The molecule has 21 heavy (non-hydrogen) atoms. The molecule has 0 saturated carbocycles. The van der Waals surface area contributed by atoms with E-state index in [1.165, 1.54) is 4.90 Å². The molecular formula is C14H13F2NO4. The number of fused-ring (bicyclic) bond motifs is 2. The molecule has 2 fully saturated rings. The van der Waals surface area contributed by atoms with Gasteiger partial charge in [0, 0.05) is 13.1 Å². The normalized spacial score (nSPS) is 24.2. The van der Waals surface area contributed by atoms with Crippen LogP contribution in [0.1, 0.15) is 33.6 Å². The third-order valence-corrected chi connectivity index (χ3v) is 3.85. The number of carbonyl (C=O) groups excluding carboxylic acids is 1. The monoisotopic (exact) mass is 297 g/mol. The smallest absolute Gasteiger partial charge is 0.336 e. The molecule has 0 aromatic heterocycles. The van der Waals surface area contributed by atoms with Crippen LogP contribution in [0.15, 0.2) is 12.1 Å². The van der Waals surface area contributed by atoms with E-state index in [0.29, 0.717) is 25.2 Å². The summed E-state index contributed by atoms with van der Waals surface area (Å²) in [5, 5.41) is 9.06. The van der Waals surface area contributed by atoms with Gasteiger partial charge in [0.25, 0.3) is 5.91 Å². The van der Waals surface area contributed by atoms with E-state index < -0.39 is 29.1 Å². The maximum Gasteiger partial charge on any atom is 0.336 e. The summed E-state index contributed by atoms with van der Waals surface area (Å²) in [5.41, 5.74) is -0.861. The van der Waals surface area contributed by atoms with Gasteiger partial charge in [-0.25, -0.2) is 13.6 Å². The Bertz CT molecular complexity index is 607. The largest absolute Gasteiger partial charge is 0.478 e. The summed E-state index contributed by atoms with van der Waals surface area (Å²) in [6.45, 7) is 0.681. The second-order valence-electron chi connectivity index (χ2n) is 5.28. The molecular weight excluding hydrogens is 284 g/mol. The number of carboxylic acid groups (broad SMARTS) is 1. The molecule has 3 rings (SSSR count). The van der Waals surface area contributed by atoms with Crippen LogP contribution in [0.2, 0.25) is 0 Å². The van der Waals surface area contributed by atoms with Gasteiger partial charge in [0.05, 0.1) is 23.3 Å². The van der Waals surface area contributed by atoms with Crippen LogP contribution in [-0.2, 0) is 4.74 Å². The molecule has 112 valence electrons. The molecule has 1 amide bonds. The first-order chi connectivity index (χ1) is 9.95. The zero-order valence-corrected chi connectivity index (χ0v) is 11.0. The summed E-state index contributed by atoms with van der Waals surface area (Å²) in [6.07, 6.45) is 1.56. The van der Waals surface area contributed by atoms with Crippen molar-refractivity contribution in [2.75, 3.05) is 13.1 Å². The van der Waals surface area contributed by atoms with Crippen LogP contribution < -0.4 is 0 Å². The van der Waals surface area contributed by atoms with Gasteiger partial charge in [-0.15, -0.1) is 0 Å². The molecule has 2 heterocycles. The molecule has 7 heteroatoms. The molecule has 2 atom stereocenters. The molecule has 1 N–H and O–H groups in total. The molecule has 0 radical (unpaired) electrons. The fourth-order valence-electron chi connectivity index (χ4n) is 2.85. The van der Waals surface area contributed by atoms with Crippen LogP contribution in [0.3, 0.4) is 0 Å². The van der Waals surface area contributed by atoms with E-state index in [2.05, 4.69) is 0 Å². The van der Waals surface area contributed by atoms with E-state index in [4.69, 9.17) is 9.84 Å². The number of likely N-dealkylation sites (tertiary alicyclic amines) is 1. The van der Waals surface area contributed by atoms with Gasteiger partial charge in [0.15, 0.2) is 11.6 Å². The first-order valence-electron chi connectivity index (χ1n) is 6.62. The fourth-order valence-corrected chi connectivity index (χ4v) is 2.85. The minimum absolute atomic E-state index is 0.0636. The lowest BCUT2D eigenvalue weighted by atomic mass is 10.0. The summed E-state index contributed by atoms with van der Waals surface area (Å²) >= 11 is 0. The van der Waals surface area contributed by atoms with E-state index in [1.54, 1.807) is 0 Å². The number of rotatable bonds is 2. The van der Waals surface area contributed by atoms with Crippen LogP contribution >= 0.6 is 0 Å². The summed E-state index contributed by atoms with van der Waals surface area (Å²) in [5.74, 6) is -4.59. The second kappa shape index (κ2) is 5.07. The van der Waals surface area contributed by atoms with Crippen LogP contribution in [-0.4, -0.2) is 47.2 Å². The molecule has 1 aromatic carbocycles.